The Balaban J connectivity index is 1.18. The average molecular weight is 641 g/mol. The summed E-state index contributed by atoms with van der Waals surface area (Å²) in [5.74, 6) is 3.79. The average Bonchev–Trinajstić information content (AvgIpc) is 3.55. The number of nitrogens with one attached hydrogen (secondary N) is 1. The first-order chi connectivity index (χ1) is 24.0. The highest BCUT2D eigenvalue weighted by molar-refractivity contribution is 5.94. The zero-order valence-electron chi connectivity index (χ0n) is 28.0. The smallest absolute Gasteiger partial charge is 0.163 e. The molecule has 0 amide bonds. The van der Waals surface area contributed by atoms with E-state index in [0.29, 0.717) is 5.92 Å². The van der Waals surface area contributed by atoms with Gasteiger partial charge in [-0.05, 0) is 80.7 Å². The first-order valence-corrected chi connectivity index (χ1v) is 17.6. The Bertz CT molecular complexity index is 2210. The van der Waals surface area contributed by atoms with Crippen molar-refractivity contribution in [3.05, 3.63) is 167 Å². The summed E-state index contributed by atoms with van der Waals surface area (Å²) < 4.78 is 6.82. The highest BCUT2D eigenvalue weighted by Crippen LogP contribution is 2.54. The monoisotopic (exact) mass is 640 g/mol. The SMILES string of the molecule is CC1(c2nc(-c3ccccc3)nc(C3C=C(C4=Cc5c(oc6cccc(C7C=CC=CN7)c56)C5(C)C=CCCC45)C=CC3)n2)C=CC=CC1. The molecule has 0 saturated carbocycles. The molecule has 5 unspecified atom stereocenters. The second-order valence-corrected chi connectivity index (χ2v) is 14.4. The van der Waals surface area contributed by atoms with Crippen LogP contribution in [0.5, 0.6) is 0 Å². The number of furan rings is 1. The van der Waals surface area contributed by atoms with E-state index in [0.717, 1.165) is 60.1 Å². The summed E-state index contributed by atoms with van der Waals surface area (Å²) in [5, 5.41) is 4.74. The molecule has 1 aliphatic heterocycles. The van der Waals surface area contributed by atoms with Gasteiger partial charge in [-0.3, -0.25) is 0 Å². The Kier molecular flexibility index (Phi) is 7.12. The van der Waals surface area contributed by atoms with Crippen molar-refractivity contribution >= 4 is 17.0 Å². The summed E-state index contributed by atoms with van der Waals surface area (Å²) in [7, 11) is 0. The van der Waals surface area contributed by atoms with Gasteiger partial charge in [-0.15, -0.1) is 0 Å². The molecule has 2 aromatic carbocycles. The number of aromatic nitrogens is 3. The van der Waals surface area contributed by atoms with E-state index in [4.69, 9.17) is 19.4 Å². The number of nitrogens with zero attached hydrogens (tertiary/aromatic N) is 3. The zero-order chi connectivity index (χ0) is 33.0. The van der Waals surface area contributed by atoms with E-state index in [1.54, 1.807) is 0 Å². The van der Waals surface area contributed by atoms with Gasteiger partial charge in [0.15, 0.2) is 5.82 Å². The standard InChI is InChI=1S/C44H40N4O/c1-43(23-9-4-10-24-43)42-47-40(29-15-5-3-6-16-29)46-41(48-42)31-18-13-17-30(27-31)33-28-34-38-32(36-21-8-12-26-45-36)19-14-22-37(38)49-39(34)44(2)25-11-7-20-35(33)44/h3-6,8-17,19,21-23,25-28,31,35-36,45H,7,18,20,24H2,1-2H3. The number of hydrogen-bond acceptors (Lipinski definition) is 5. The highest BCUT2D eigenvalue weighted by Gasteiger charge is 2.46. The van der Waals surface area contributed by atoms with Gasteiger partial charge in [0.25, 0.3) is 0 Å². The maximum absolute atomic E-state index is 6.82. The zero-order valence-corrected chi connectivity index (χ0v) is 28.0. The number of allylic oxidation sites excluding steroid dienone is 13. The Morgan fingerprint density at radius 2 is 1.80 bits per heavy atom. The van der Waals surface area contributed by atoms with Crippen molar-refractivity contribution in [3.63, 3.8) is 0 Å². The van der Waals surface area contributed by atoms with Crippen molar-refractivity contribution in [1.82, 2.24) is 20.3 Å². The molecule has 49 heavy (non-hydrogen) atoms. The summed E-state index contributed by atoms with van der Waals surface area (Å²) in [5.41, 5.74) is 6.48. The summed E-state index contributed by atoms with van der Waals surface area (Å²) >= 11 is 0. The first-order valence-electron chi connectivity index (χ1n) is 17.6. The molecule has 0 bridgehead atoms. The molecule has 0 radical (unpaired) electrons. The lowest BCUT2D eigenvalue weighted by Crippen LogP contribution is -2.36. The quantitative estimate of drug-likeness (QED) is 0.220. The van der Waals surface area contributed by atoms with Gasteiger partial charge in [-0.2, -0.15) is 0 Å². The molecule has 5 aliphatic rings. The molecule has 9 rings (SSSR count). The van der Waals surface area contributed by atoms with Crippen LogP contribution in [-0.4, -0.2) is 15.0 Å². The Labute approximate surface area is 288 Å². The molecule has 1 N–H and O–H groups in total. The largest absolute Gasteiger partial charge is 0.459 e. The van der Waals surface area contributed by atoms with Crippen LogP contribution in [0.25, 0.3) is 28.4 Å². The lowest BCUT2D eigenvalue weighted by molar-refractivity contribution is 0.313. The predicted octanol–water partition coefficient (Wildman–Crippen LogP) is 10.1. The maximum Gasteiger partial charge on any atom is 0.163 e. The van der Waals surface area contributed by atoms with Gasteiger partial charge in [0.05, 0.1) is 11.5 Å². The van der Waals surface area contributed by atoms with Crippen molar-refractivity contribution in [2.75, 3.05) is 0 Å². The van der Waals surface area contributed by atoms with E-state index in [2.05, 4.69) is 122 Å². The number of hydrogen-bond donors (Lipinski definition) is 1. The number of benzene rings is 2. The van der Waals surface area contributed by atoms with Gasteiger partial charge in [0.1, 0.15) is 23.0 Å². The minimum absolute atomic E-state index is 0.0311. The van der Waals surface area contributed by atoms with Crippen molar-refractivity contribution in [3.8, 4) is 11.4 Å². The van der Waals surface area contributed by atoms with Gasteiger partial charge in [0.2, 0.25) is 0 Å². The van der Waals surface area contributed by atoms with Crippen molar-refractivity contribution in [2.24, 2.45) is 5.92 Å². The lowest BCUT2D eigenvalue weighted by atomic mass is 9.61. The molecule has 0 fully saturated rings. The van der Waals surface area contributed by atoms with E-state index in [1.807, 2.05) is 30.5 Å². The van der Waals surface area contributed by atoms with Crippen molar-refractivity contribution in [1.29, 1.82) is 0 Å². The van der Waals surface area contributed by atoms with E-state index < -0.39 is 0 Å². The van der Waals surface area contributed by atoms with Gasteiger partial charge in [-0.25, -0.2) is 15.0 Å². The van der Waals surface area contributed by atoms with E-state index >= 15 is 0 Å². The topological polar surface area (TPSA) is 63.8 Å². The van der Waals surface area contributed by atoms with Crippen molar-refractivity contribution in [2.45, 2.75) is 62.3 Å². The van der Waals surface area contributed by atoms with Crippen LogP contribution in [0.15, 0.2) is 143 Å². The number of fused-ring (bicyclic) bond motifs is 5. The van der Waals surface area contributed by atoms with Gasteiger partial charge >= 0.3 is 0 Å². The van der Waals surface area contributed by atoms with E-state index in [1.165, 1.54) is 27.7 Å². The Morgan fingerprint density at radius 1 is 0.878 bits per heavy atom. The molecule has 0 saturated heterocycles. The highest BCUT2D eigenvalue weighted by atomic mass is 16.3. The normalized spacial score (nSPS) is 28.2. The van der Waals surface area contributed by atoms with E-state index in [9.17, 15) is 0 Å². The third-order valence-corrected chi connectivity index (χ3v) is 11.1. The predicted molar refractivity (Wildman–Crippen MR) is 198 cm³/mol. The molecule has 5 nitrogen and oxygen atoms in total. The minimum Gasteiger partial charge on any atom is -0.459 e. The Hall–Kier alpha value is -5.29. The molecular weight excluding hydrogens is 601 g/mol. The van der Waals surface area contributed by atoms with Crippen LogP contribution in [0.1, 0.15) is 80.0 Å². The summed E-state index contributed by atoms with van der Waals surface area (Å²) in [4.78, 5) is 15.5. The fraction of sp³-hybridized carbons (Fsp3) is 0.250. The van der Waals surface area contributed by atoms with Crippen LogP contribution in [0, 0.1) is 5.92 Å². The molecule has 2 aromatic heterocycles. The van der Waals surface area contributed by atoms with Gasteiger partial charge in [-0.1, -0.05) is 109 Å². The van der Waals surface area contributed by atoms with Crippen LogP contribution >= 0.6 is 0 Å². The summed E-state index contributed by atoms with van der Waals surface area (Å²) in [6.07, 6.45) is 35.1. The summed E-state index contributed by atoms with van der Waals surface area (Å²) in [6, 6.07) is 16.9. The van der Waals surface area contributed by atoms with E-state index in [-0.39, 0.29) is 22.8 Å². The third kappa shape index (κ3) is 5.02. The van der Waals surface area contributed by atoms with Crippen LogP contribution in [0.2, 0.25) is 0 Å². The fourth-order valence-electron chi connectivity index (χ4n) is 8.37. The maximum atomic E-state index is 6.82. The molecule has 0 spiro atoms. The van der Waals surface area contributed by atoms with Crippen LogP contribution in [0.4, 0.5) is 0 Å². The van der Waals surface area contributed by atoms with Crippen LogP contribution in [0.3, 0.4) is 0 Å². The molecule has 4 aromatic rings. The fourth-order valence-corrected chi connectivity index (χ4v) is 8.37. The van der Waals surface area contributed by atoms with Gasteiger partial charge in [0, 0.05) is 33.8 Å². The second kappa shape index (κ2) is 11.7. The molecule has 3 heterocycles. The van der Waals surface area contributed by atoms with Crippen LogP contribution in [-0.2, 0) is 10.8 Å². The molecule has 242 valence electrons. The minimum atomic E-state index is -0.288. The Morgan fingerprint density at radius 3 is 2.63 bits per heavy atom. The molecule has 4 aliphatic carbocycles. The number of rotatable bonds is 5. The van der Waals surface area contributed by atoms with Crippen molar-refractivity contribution < 1.29 is 4.42 Å². The molecular formula is C44H40N4O. The first kappa shape index (κ1) is 29.8. The summed E-state index contributed by atoms with van der Waals surface area (Å²) in [6.45, 7) is 4.59. The van der Waals surface area contributed by atoms with Crippen LogP contribution < -0.4 is 5.32 Å². The third-order valence-electron chi connectivity index (χ3n) is 11.1. The number of dihydropyridines is 1. The molecule has 5 heteroatoms. The van der Waals surface area contributed by atoms with Gasteiger partial charge < -0.3 is 9.73 Å². The second-order valence-electron chi connectivity index (χ2n) is 14.4. The molecule has 5 atom stereocenters. The lowest BCUT2D eigenvalue weighted by Gasteiger charge is -2.42.